The first-order chi connectivity index (χ1) is 7.20. The first-order valence-electron chi connectivity index (χ1n) is 4.27. The summed E-state index contributed by atoms with van der Waals surface area (Å²) in [4.78, 5) is 0. The summed E-state index contributed by atoms with van der Waals surface area (Å²) in [5, 5.41) is 7.70. The van der Waals surface area contributed by atoms with E-state index in [1.54, 1.807) is 12.3 Å². The number of halogens is 2. The fourth-order valence-corrected chi connectivity index (χ4v) is 1.32. The van der Waals surface area contributed by atoms with Crippen molar-refractivity contribution in [3.8, 4) is 5.69 Å². The number of aromatic nitrogens is 3. The van der Waals surface area contributed by atoms with E-state index in [0.29, 0.717) is 17.9 Å². The van der Waals surface area contributed by atoms with Crippen LogP contribution in [-0.4, -0.2) is 15.0 Å². The highest BCUT2D eigenvalue weighted by Crippen LogP contribution is 2.18. The van der Waals surface area contributed by atoms with E-state index < -0.39 is 5.82 Å². The zero-order valence-electron chi connectivity index (χ0n) is 7.69. The SMILES string of the molecule is NCc1cn(-c2ccc(F)c(Cl)c2)nn1. The number of nitrogens with zero attached hydrogens (tertiary/aromatic N) is 3. The normalized spacial score (nSPS) is 10.6. The molecule has 78 valence electrons. The van der Waals surface area contributed by atoms with Gasteiger partial charge in [-0.3, -0.25) is 0 Å². The molecule has 0 fully saturated rings. The maximum atomic E-state index is 12.9. The summed E-state index contributed by atoms with van der Waals surface area (Å²) >= 11 is 5.64. The lowest BCUT2D eigenvalue weighted by Gasteiger charge is -2.00. The molecule has 0 saturated carbocycles. The molecule has 2 N–H and O–H groups in total. The quantitative estimate of drug-likeness (QED) is 0.845. The zero-order chi connectivity index (χ0) is 10.8. The molecule has 0 bridgehead atoms. The molecule has 15 heavy (non-hydrogen) atoms. The average molecular weight is 227 g/mol. The number of hydrogen-bond donors (Lipinski definition) is 1. The van der Waals surface area contributed by atoms with Gasteiger partial charge >= 0.3 is 0 Å². The Hall–Kier alpha value is -1.46. The van der Waals surface area contributed by atoms with Crippen molar-refractivity contribution in [2.45, 2.75) is 6.54 Å². The minimum atomic E-state index is -0.459. The van der Waals surface area contributed by atoms with Gasteiger partial charge in [0.2, 0.25) is 0 Å². The summed E-state index contributed by atoms with van der Waals surface area (Å²) in [6, 6.07) is 4.32. The summed E-state index contributed by atoms with van der Waals surface area (Å²) in [5.41, 5.74) is 6.70. The Kier molecular flexibility index (Phi) is 2.66. The molecular weight excluding hydrogens is 219 g/mol. The Morgan fingerprint density at radius 2 is 2.27 bits per heavy atom. The summed E-state index contributed by atoms with van der Waals surface area (Å²) < 4.78 is 14.4. The molecule has 0 unspecified atom stereocenters. The molecule has 1 heterocycles. The molecule has 2 aromatic rings. The standard InChI is InChI=1S/C9H8ClFN4/c10-8-3-7(1-2-9(8)11)15-5-6(4-12)13-14-15/h1-3,5H,4,12H2. The summed E-state index contributed by atoms with van der Waals surface area (Å²) in [5.74, 6) is -0.459. The topological polar surface area (TPSA) is 56.7 Å². The highest BCUT2D eigenvalue weighted by molar-refractivity contribution is 6.30. The predicted molar refractivity (Wildman–Crippen MR) is 54.2 cm³/mol. The second-order valence-corrected chi connectivity index (χ2v) is 3.36. The molecule has 0 aliphatic carbocycles. The maximum absolute atomic E-state index is 12.9. The lowest BCUT2D eigenvalue weighted by atomic mass is 10.3. The van der Waals surface area contributed by atoms with E-state index in [1.807, 2.05) is 0 Å². The van der Waals surface area contributed by atoms with Crippen molar-refractivity contribution in [1.82, 2.24) is 15.0 Å². The Balaban J connectivity index is 2.40. The van der Waals surface area contributed by atoms with Crippen LogP contribution in [0, 0.1) is 5.82 Å². The predicted octanol–water partition coefficient (Wildman–Crippen LogP) is 1.52. The number of nitrogens with two attached hydrogens (primary N) is 1. The van der Waals surface area contributed by atoms with Gasteiger partial charge in [-0.15, -0.1) is 5.10 Å². The maximum Gasteiger partial charge on any atom is 0.141 e. The third-order valence-electron chi connectivity index (χ3n) is 1.92. The summed E-state index contributed by atoms with van der Waals surface area (Å²) in [6.07, 6.45) is 1.67. The molecule has 1 aromatic carbocycles. The van der Waals surface area contributed by atoms with E-state index in [-0.39, 0.29) is 5.02 Å². The molecule has 0 spiro atoms. The van der Waals surface area contributed by atoms with Gasteiger partial charge in [-0.1, -0.05) is 16.8 Å². The van der Waals surface area contributed by atoms with Crippen LogP contribution in [0.1, 0.15) is 5.69 Å². The minimum absolute atomic E-state index is 0.0531. The van der Waals surface area contributed by atoms with Gasteiger partial charge in [0.05, 0.1) is 22.6 Å². The molecule has 4 nitrogen and oxygen atoms in total. The molecule has 6 heteroatoms. The Labute approximate surface area is 90.5 Å². The smallest absolute Gasteiger partial charge is 0.141 e. The summed E-state index contributed by atoms with van der Waals surface area (Å²) in [6.45, 7) is 0.314. The van der Waals surface area contributed by atoms with E-state index in [4.69, 9.17) is 17.3 Å². The second-order valence-electron chi connectivity index (χ2n) is 2.96. The number of benzene rings is 1. The van der Waals surface area contributed by atoms with Crippen molar-refractivity contribution >= 4 is 11.6 Å². The van der Waals surface area contributed by atoms with E-state index in [9.17, 15) is 4.39 Å². The van der Waals surface area contributed by atoms with Gasteiger partial charge < -0.3 is 5.73 Å². The highest BCUT2D eigenvalue weighted by Gasteiger charge is 2.04. The summed E-state index contributed by atoms with van der Waals surface area (Å²) in [7, 11) is 0. The fraction of sp³-hybridized carbons (Fsp3) is 0.111. The van der Waals surface area contributed by atoms with Gasteiger partial charge in [0.15, 0.2) is 0 Å². The number of rotatable bonds is 2. The van der Waals surface area contributed by atoms with Crippen LogP contribution in [0.2, 0.25) is 5.02 Å². The number of hydrogen-bond acceptors (Lipinski definition) is 3. The van der Waals surface area contributed by atoms with Gasteiger partial charge in [-0.2, -0.15) is 0 Å². The molecule has 0 amide bonds. The molecule has 2 rings (SSSR count). The Morgan fingerprint density at radius 3 is 2.87 bits per heavy atom. The first kappa shape index (κ1) is 10.1. The third-order valence-corrected chi connectivity index (χ3v) is 2.21. The molecule has 1 aromatic heterocycles. The van der Waals surface area contributed by atoms with Crippen LogP contribution in [0.25, 0.3) is 5.69 Å². The Bertz CT molecular complexity index is 483. The lowest BCUT2D eigenvalue weighted by molar-refractivity contribution is 0.627. The minimum Gasteiger partial charge on any atom is -0.325 e. The average Bonchev–Trinajstić information content (AvgIpc) is 2.70. The first-order valence-corrected chi connectivity index (χ1v) is 4.65. The van der Waals surface area contributed by atoms with Crippen LogP contribution in [0.3, 0.4) is 0 Å². The lowest BCUT2D eigenvalue weighted by Crippen LogP contribution is -1.96. The van der Waals surface area contributed by atoms with Gasteiger partial charge in [-0.05, 0) is 18.2 Å². The largest absolute Gasteiger partial charge is 0.325 e. The third kappa shape index (κ3) is 1.98. The van der Waals surface area contributed by atoms with Crippen molar-refractivity contribution in [3.05, 3.63) is 40.9 Å². The van der Waals surface area contributed by atoms with Gasteiger partial charge in [0.25, 0.3) is 0 Å². The van der Waals surface area contributed by atoms with Crippen LogP contribution in [0.4, 0.5) is 4.39 Å². The van der Waals surface area contributed by atoms with Gasteiger partial charge in [-0.25, -0.2) is 9.07 Å². The molecule has 0 aliphatic rings. The van der Waals surface area contributed by atoms with E-state index in [0.717, 1.165) is 0 Å². The van der Waals surface area contributed by atoms with Crippen LogP contribution < -0.4 is 5.73 Å². The molecule has 0 radical (unpaired) electrons. The van der Waals surface area contributed by atoms with E-state index in [2.05, 4.69) is 10.3 Å². The van der Waals surface area contributed by atoms with E-state index >= 15 is 0 Å². The highest BCUT2D eigenvalue weighted by atomic mass is 35.5. The molecule has 0 atom stereocenters. The van der Waals surface area contributed by atoms with Crippen molar-refractivity contribution in [1.29, 1.82) is 0 Å². The zero-order valence-corrected chi connectivity index (χ0v) is 8.45. The second kappa shape index (κ2) is 3.96. The van der Waals surface area contributed by atoms with Gasteiger partial charge in [0, 0.05) is 6.54 Å². The van der Waals surface area contributed by atoms with Crippen molar-refractivity contribution in [2.75, 3.05) is 0 Å². The van der Waals surface area contributed by atoms with Crippen LogP contribution >= 0.6 is 11.6 Å². The van der Waals surface area contributed by atoms with Crippen molar-refractivity contribution in [3.63, 3.8) is 0 Å². The van der Waals surface area contributed by atoms with Crippen LogP contribution in [-0.2, 0) is 6.54 Å². The van der Waals surface area contributed by atoms with Gasteiger partial charge in [0.1, 0.15) is 5.82 Å². The Morgan fingerprint density at radius 1 is 1.47 bits per heavy atom. The molecule has 0 aliphatic heterocycles. The van der Waals surface area contributed by atoms with Crippen molar-refractivity contribution < 1.29 is 4.39 Å². The fourth-order valence-electron chi connectivity index (χ4n) is 1.15. The molecular formula is C9H8ClFN4. The van der Waals surface area contributed by atoms with E-state index in [1.165, 1.54) is 16.8 Å². The van der Waals surface area contributed by atoms with Crippen molar-refractivity contribution in [2.24, 2.45) is 5.73 Å². The van der Waals surface area contributed by atoms with Crippen LogP contribution in [0.15, 0.2) is 24.4 Å². The van der Waals surface area contributed by atoms with Crippen LogP contribution in [0.5, 0.6) is 0 Å². The molecule has 0 saturated heterocycles. The monoisotopic (exact) mass is 226 g/mol.